The lowest BCUT2D eigenvalue weighted by atomic mass is 10.0. The summed E-state index contributed by atoms with van der Waals surface area (Å²) >= 11 is 0. The third kappa shape index (κ3) is 3.84. The van der Waals surface area contributed by atoms with E-state index in [1.165, 1.54) is 5.56 Å². The Balaban J connectivity index is 1.94. The SMILES string of the molecule is CCNC(CC)c1ccc(OCc2ccn(C)n2)cc1. The van der Waals surface area contributed by atoms with E-state index >= 15 is 0 Å². The quantitative estimate of drug-likeness (QED) is 0.842. The van der Waals surface area contributed by atoms with E-state index in [9.17, 15) is 0 Å². The van der Waals surface area contributed by atoms with E-state index in [4.69, 9.17) is 4.74 Å². The van der Waals surface area contributed by atoms with E-state index in [1.54, 1.807) is 4.68 Å². The molecule has 0 aliphatic heterocycles. The van der Waals surface area contributed by atoms with Crippen molar-refractivity contribution in [3.63, 3.8) is 0 Å². The molecule has 4 heteroatoms. The van der Waals surface area contributed by atoms with Crippen LogP contribution in [0.1, 0.15) is 37.6 Å². The van der Waals surface area contributed by atoms with Crippen molar-refractivity contribution in [3.05, 3.63) is 47.8 Å². The summed E-state index contributed by atoms with van der Waals surface area (Å²) in [6.07, 6.45) is 3.01. The number of benzene rings is 1. The van der Waals surface area contributed by atoms with Gasteiger partial charge in [0.05, 0.1) is 5.69 Å². The molecule has 20 heavy (non-hydrogen) atoms. The van der Waals surface area contributed by atoms with Crippen LogP contribution in [0.4, 0.5) is 0 Å². The number of rotatable bonds is 7. The first-order chi connectivity index (χ1) is 9.72. The molecule has 0 bridgehead atoms. The topological polar surface area (TPSA) is 39.1 Å². The molecule has 1 aromatic carbocycles. The van der Waals surface area contributed by atoms with Crippen molar-refractivity contribution in [2.24, 2.45) is 7.05 Å². The molecular formula is C16H23N3O. The minimum atomic E-state index is 0.421. The zero-order valence-electron chi connectivity index (χ0n) is 12.5. The Morgan fingerprint density at radius 3 is 2.50 bits per heavy atom. The van der Waals surface area contributed by atoms with E-state index in [-0.39, 0.29) is 0 Å². The normalized spacial score (nSPS) is 12.3. The summed E-state index contributed by atoms with van der Waals surface area (Å²) in [5.74, 6) is 0.880. The van der Waals surface area contributed by atoms with Crippen LogP contribution in [-0.4, -0.2) is 16.3 Å². The molecule has 0 fully saturated rings. The molecule has 4 nitrogen and oxygen atoms in total. The predicted octanol–water partition coefficient (Wildman–Crippen LogP) is 3.06. The summed E-state index contributed by atoms with van der Waals surface area (Å²) in [6, 6.07) is 10.7. The Morgan fingerprint density at radius 2 is 1.95 bits per heavy atom. The maximum atomic E-state index is 5.74. The first-order valence-electron chi connectivity index (χ1n) is 7.17. The van der Waals surface area contributed by atoms with Crippen molar-refractivity contribution in [2.75, 3.05) is 6.54 Å². The smallest absolute Gasteiger partial charge is 0.132 e. The zero-order chi connectivity index (χ0) is 14.4. The van der Waals surface area contributed by atoms with Gasteiger partial charge in [-0.1, -0.05) is 26.0 Å². The second-order valence-electron chi connectivity index (χ2n) is 4.86. The van der Waals surface area contributed by atoms with Crippen LogP contribution in [0.25, 0.3) is 0 Å². The van der Waals surface area contributed by atoms with Gasteiger partial charge in [-0.05, 0) is 36.7 Å². The molecule has 1 unspecified atom stereocenters. The number of nitrogens with zero attached hydrogens (tertiary/aromatic N) is 2. The van der Waals surface area contributed by atoms with Crippen molar-refractivity contribution in [2.45, 2.75) is 32.9 Å². The number of hydrogen-bond donors (Lipinski definition) is 1. The average Bonchev–Trinajstić information content (AvgIpc) is 2.89. The fourth-order valence-corrected chi connectivity index (χ4v) is 2.24. The van der Waals surface area contributed by atoms with Crippen LogP contribution in [0, 0.1) is 0 Å². The van der Waals surface area contributed by atoms with Crippen molar-refractivity contribution in [1.29, 1.82) is 0 Å². The lowest BCUT2D eigenvalue weighted by molar-refractivity contribution is 0.300. The molecular weight excluding hydrogens is 250 g/mol. The molecule has 0 spiro atoms. The lowest BCUT2D eigenvalue weighted by Gasteiger charge is -2.16. The van der Waals surface area contributed by atoms with E-state index < -0.39 is 0 Å². The van der Waals surface area contributed by atoms with Crippen LogP contribution in [0.2, 0.25) is 0 Å². The van der Waals surface area contributed by atoms with Gasteiger partial charge in [0.15, 0.2) is 0 Å². The summed E-state index contributed by atoms with van der Waals surface area (Å²) in [6.45, 7) is 5.81. The molecule has 1 heterocycles. The summed E-state index contributed by atoms with van der Waals surface area (Å²) in [5, 5.41) is 7.77. The standard InChI is InChI=1S/C16H23N3O/c1-4-16(17-5-2)13-6-8-15(9-7-13)20-12-14-10-11-19(3)18-14/h6-11,16-17H,4-5,12H2,1-3H3. The van der Waals surface area contributed by atoms with Gasteiger partial charge in [0.2, 0.25) is 0 Å². The maximum absolute atomic E-state index is 5.74. The van der Waals surface area contributed by atoms with Crippen LogP contribution in [0.15, 0.2) is 36.5 Å². The highest BCUT2D eigenvalue weighted by Gasteiger charge is 2.07. The summed E-state index contributed by atoms with van der Waals surface area (Å²) in [7, 11) is 1.91. The van der Waals surface area contributed by atoms with Crippen LogP contribution in [0.5, 0.6) is 5.75 Å². The van der Waals surface area contributed by atoms with E-state index in [0.29, 0.717) is 12.6 Å². The van der Waals surface area contributed by atoms with Crippen LogP contribution in [0.3, 0.4) is 0 Å². The fourth-order valence-electron chi connectivity index (χ4n) is 2.24. The Labute approximate surface area is 120 Å². The molecule has 1 aromatic heterocycles. The van der Waals surface area contributed by atoms with Crippen molar-refractivity contribution >= 4 is 0 Å². The van der Waals surface area contributed by atoms with Gasteiger partial charge in [-0.2, -0.15) is 5.10 Å². The first-order valence-corrected chi connectivity index (χ1v) is 7.17. The Kier molecular flexibility index (Phi) is 5.18. The Morgan fingerprint density at radius 1 is 1.20 bits per heavy atom. The van der Waals surface area contributed by atoms with Crippen LogP contribution < -0.4 is 10.1 Å². The van der Waals surface area contributed by atoms with Crippen molar-refractivity contribution < 1.29 is 4.74 Å². The van der Waals surface area contributed by atoms with E-state index in [0.717, 1.165) is 24.4 Å². The first kappa shape index (κ1) is 14.6. The van der Waals surface area contributed by atoms with Crippen LogP contribution >= 0.6 is 0 Å². The number of nitrogens with one attached hydrogen (secondary N) is 1. The maximum Gasteiger partial charge on any atom is 0.132 e. The van der Waals surface area contributed by atoms with Crippen molar-refractivity contribution in [1.82, 2.24) is 15.1 Å². The molecule has 0 aliphatic carbocycles. The lowest BCUT2D eigenvalue weighted by Crippen LogP contribution is -2.19. The van der Waals surface area contributed by atoms with Gasteiger partial charge in [0.25, 0.3) is 0 Å². The largest absolute Gasteiger partial charge is 0.487 e. The van der Waals surface area contributed by atoms with Crippen LogP contribution in [-0.2, 0) is 13.7 Å². The highest BCUT2D eigenvalue weighted by molar-refractivity contribution is 5.29. The van der Waals surface area contributed by atoms with Crippen molar-refractivity contribution in [3.8, 4) is 5.75 Å². The highest BCUT2D eigenvalue weighted by Crippen LogP contribution is 2.20. The minimum absolute atomic E-state index is 0.421. The summed E-state index contributed by atoms with van der Waals surface area (Å²) in [5.41, 5.74) is 2.25. The average molecular weight is 273 g/mol. The molecule has 0 radical (unpaired) electrons. The zero-order valence-corrected chi connectivity index (χ0v) is 12.5. The van der Waals surface area contributed by atoms with E-state index in [2.05, 4.69) is 36.4 Å². The second-order valence-corrected chi connectivity index (χ2v) is 4.86. The Bertz CT molecular complexity index is 519. The van der Waals surface area contributed by atoms with Gasteiger partial charge in [0, 0.05) is 19.3 Å². The fraction of sp³-hybridized carbons (Fsp3) is 0.438. The molecule has 1 atom stereocenters. The molecule has 2 aromatic rings. The van der Waals surface area contributed by atoms with Gasteiger partial charge < -0.3 is 10.1 Å². The third-order valence-corrected chi connectivity index (χ3v) is 3.30. The summed E-state index contributed by atoms with van der Waals surface area (Å²) in [4.78, 5) is 0. The third-order valence-electron chi connectivity index (χ3n) is 3.30. The highest BCUT2D eigenvalue weighted by atomic mass is 16.5. The molecule has 0 saturated carbocycles. The molecule has 0 aliphatic rings. The number of ether oxygens (including phenoxy) is 1. The molecule has 1 N–H and O–H groups in total. The Hall–Kier alpha value is -1.81. The number of hydrogen-bond acceptors (Lipinski definition) is 3. The molecule has 0 amide bonds. The number of aryl methyl sites for hydroxylation is 1. The van der Waals surface area contributed by atoms with Gasteiger partial charge in [0.1, 0.15) is 12.4 Å². The minimum Gasteiger partial charge on any atom is -0.487 e. The van der Waals surface area contributed by atoms with Gasteiger partial charge in [-0.3, -0.25) is 4.68 Å². The monoisotopic (exact) mass is 273 g/mol. The molecule has 2 rings (SSSR count). The second kappa shape index (κ2) is 7.10. The molecule has 0 saturated heterocycles. The molecule has 108 valence electrons. The summed E-state index contributed by atoms with van der Waals surface area (Å²) < 4.78 is 7.52. The van der Waals surface area contributed by atoms with Gasteiger partial charge in [-0.25, -0.2) is 0 Å². The predicted molar refractivity (Wildman–Crippen MR) is 80.7 cm³/mol. The number of aromatic nitrogens is 2. The van der Waals surface area contributed by atoms with Gasteiger partial charge >= 0.3 is 0 Å². The van der Waals surface area contributed by atoms with E-state index in [1.807, 2.05) is 31.4 Å². The van der Waals surface area contributed by atoms with Gasteiger partial charge in [-0.15, -0.1) is 0 Å².